The van der Waals surface area contributed by atoms with Crippen LogP contribution in [0.1, 0.15) is 29.7 Å². The van der Waals surface area contributed by atoms with Crippen LogP contribution < -0.4 is 9.64 Å². The monoisotopic (exact) mass is 491 g/mol. The lowest BCUT2D eigenvalue weighted by Crippen LogP contribution is -2.28. The van der Waals surface area contributed by atoms with Gasteiger partial charge in [-0.15, -0.1) is 0 Å². The summed E-state index contributed by atoms with van der Waals surface area (Å²) in [5, 5.41) is 0.537. The summed E-state index contributed by atoms with van der Waals surface area (Å²) >= 11 is 1.27. The molecule has 0 spiro atoms. The molecule has 0 atom stereocenters. The number of amides is 1. The van der Waals surface area contributed by atoms with E-state index in [0.717, 1.165) is 37.2 Å². The highest BCUT2D eigenvalue weighted by Gasteiger charge is 2.34. The molecule has 0 radical (unpaired) electrons. The summed E-state index contributed by atoms with van der Waals surface area (Å²) in [6.07, 6.45) is 5.49. The van der Waals surface area contributed by atoms with Crippen LogP contribution in [-0.2, 0) is 11.3 Å². The lowest BCUT2D eigenvalue weighted by molar-refractivity contribution is -0.122. The molecule has 6 nitrogen and oxygen atoms in total. The number of hydrogen-bond acceptors (Lipinski definition) is 6. The van der Waals surface area contributed by atoms with E-state index < -0.39 is 0 Å². The molecule has 0 aliphatic carbocycles. The van der Waals surface area contributed by atoms with E-state index in [1.54, 1.807) is 30.4 Å². The number of halogens is 1. The van der Waals surface area contributed by atoms with E-state index in [1.807, 2.05) is 43.3 Å². The molecule has 2 saturated heterocycles. The molecule has 0 N–H and O–H groups in total. The van der Waals surface area contributed by atoms with E-state index in [0.29, 0.717) is 32.8 Å². The maximum atomic E-state index is 15.0. The second-order valence-electron chi connectivity index (χ2n) is 8.53. The Morgan fingerprint density at radius 2 is 1.94 bits per heavy atom. The highest BCUT2D eigenvalue weighted by atomic mass is 32.2. The van der Waals surface area contributed by atoms with E-state index in [1.165, 1.54) is 17.8 Å². The van der Waals surface area contributed by atoms with Crippen molar-refractivity contribution < 1.29 is 18.3 Å². The summed E-state index contributed by atoms with van der Waals surface area (Å²) in [5.74, 6) is 0.924. The Labute approximate surface area is 208 Å². The number of ether oxygens (including phenoxy) is 1. The standard InChI is InChI=1S/C27H26FN3O3S/c1-18-14-24(30-11-3-4-12-30)23(28)15-19(18)16-25-26(32)31(17-22-6-5-13-34-22)27(35-25)29-20-7-9-21(33-2)10-8-20/h5-10,13-16H,3-4,11-12,17H2,1-2H3/b25-16-,29-27?. The van der Waals surface area contributed by atoms with Crippen molar-refractivity contribution in [2.45, 2.75) is 26.3 Å². The fourth-order valence-corrected chi connectivity index (χ4v) is 5.22. The van der Waals surface area contributed by atoms with Crippen molar-refractivity contribution in [3.63, 3.8) is 0 Å². The average molecular weight is 492 g/mol. The number of methoxy groups -OCH3 is 1. The normalized spacial score (nSPS) is 18.3. The van der Waals surface area contributed by atoms with Crippen molar-refractivity contribution in [1.82, 2.24) is 4.90 Å². The fourth-order valence-electron chi connectivity index (χ4n) is 4.24. The minimum Gasteiger partial charge on any atom is -0.497 e. The van der Waals surface area contributed by atoms with Gasteiger partial charge in [0.2, 0.25) is 0 Å². The second-order valence-corrected chi connectivity index (χ2v) is 9.54. The first-order valence-corrected chi connectivity index (χ1v) is 12.3. The minimum atomic E-state index is -0.264. The van der Waals surface area contributed by atoms with Crippen molar-refractivity contribution in [3.05, 3.63) is 82.4 Å². The molecule has 3 aromatic rings. The van der Waals surface area contributed by atoms with Gasteiger partial charge in [0.05, 0.1) is 36.2 Å². The molecule has 1 aromatic heterocycles. The third-order valence-corrected chi connectivity index (χ3v) is 7.15. The van der Waals surface area contributed by atoms with Crippen LogP contribution in [0.25, 0.3) is 6.08 Å². The van der Waals surface area contributed by atoms with Crippen LogP contribution in [0.3, 0.4) is 0 Å². The molecule has 5 rings (SSSR count). The molecule has 2 aliphatic heterocycles. The van der Waals surface area contributed by atoms with Crippen LogP contribution in [0.2, 0.25) is 0 Å². The molecule has 2 aromatic carbocycles. The van der Waals surface area contributed by atoms with E-state index in [4.69, 9.17) is 14.1 Å². The number of aliphatic imine (C=N–C) groups is 1. The molecule has 2 aliphatic rings. The number of nitrogens with zero attached hydrogens (tertiary/aromatic N) is 3. The summed E-state index contributed by atoms with van der Waals surface area (Å²) < 4.78 is 25.7. The number of furan rings is 1. The van der Waals surface area contributed by atoms with Gasteiger partial charge < -0.3 is 14.1 Å². The lowest BCUT2D eigenvalue weighted by atomic mass is 10.1. The van der Waals surface area contributed by atoms with Crippen molar-refractivity contribution in [3.8, 4) is 5.75 Å². The Bertz CT molecular complexity index is 1280. The van der Waals surface area contributed by atoms with Gasteiger partial charge in [-0.05, 0) is 97.3 Å². The van der Waals surface area contributed by atoms with Crippen LogP contribution in [-0.4, -0.2) is 36.2 Å². The van der Waals surface area contributed by atoms with Gasteiger partial charge in [-0.3, -0.25) is 9.69 Å². The van der Waals surface area contributed by atoms with Crippen LogP contribution >= 0.6 is 11.8 Å². The van der Waals surface area contributed by atoms with Crippen LogP contribution in [0.5, 0.6) is 5.75 Å². The van der Waals surface area contributed by atoms with E-state index in [9.17, 15) is 9.18 Å². The summed E-state index contributed by atoms with van der Waals surface area (Å²) in [6, 6.07) is 14.3. The van der Waals surface area contributed by atoms with Crippen molar-refractivity contribution in [2.75, 3.05) is 25.1 Å². The average Bonchev–Trinajstić information content (AvgIpc) is 3.62. The highest BCUT2D eigenvalue weighted by Crippen LogP contribution is 2.37. The zero-order chi connectivity index (χ0) is 24.4. The molecule has 0 saturated carbocycles. The van der Waals surface area contributed by atoms with Gasteiger partial charge in [0, 0.05) is 13.1 Å². The van der Waals surface area contributed by atoms with Crippen molar-refractivity contribution >= 4 is 40.3 Å². The van der Waals surface area contributed by atoms with Gasteiger partial charge in [0.15, 0.2) is 5.17 Å². The first kappa shape index (κ1) is 23.2. The van der Waals surface area contributed by atoms with Crippen LogP contribution in [0, 0.1) is 12.7 Å². The first-order valence-electron chi connectivity index (χ1n) is 11.5. The predicted octanol–water partition coefficient (Wildman–Crippen LogP) is 6.14. The SMILES string of the molecule is COc1ccc(N=C2S/C(=C\c3cc(F)c(N4CCCC4)cc3C)C(=O)N2Cc2ccco2)cc1. The van der Waals surface area contributed by atoms with Crippen LogP contribution in [0.4, 0.5) is 15.8 Å². The number of carbonyl (C=O) groups excluding carboxylic acids is 1. The summed E-state index contributed by atoms with van der Waals surface area (Å²) in [7, 11) is 1.61. The Morgan fingerprint density at radius 1 is 1.17 bits per heavy atom. The highest BCUT2D eigenvalue weighted by molar-refractivity contribution is 8.18. The van der Waals surface area contributed by atoms with Gasteiger partial charge in [-0.25, -0.2) is 9.38 Å². The number of amidine groups is 1. The van der Waals surface area contributed by atoms with Gasteiger partial charge >= 0.3 is 0 Å². The Hall–Kier alpha value is -3.52. The van der Waals surface area contributed by atoms with Gasteiger partial charge in [-0.1, -0.05) is 0 Å². The van der Waals surface area contributed by atoms with Crippen LogP contribution in [0.15, 0.2) is 69.1 Å². The van der Waals surface area contributed by atoms with Crippen molar-refractivity contribution in [2.24, 2.45) is 4.99 Å². The number of thioether (sulfide) groups is 1. The topological polar surface area (TPSA) is 58.3 Å². The minimum absolute atomic E-state index is 0.193. The van der Waals surface area contributed by atoms with E-state index in [2.05, 4.69) is 4.90 Å². The Morgan fingerprint density at radius 3 is 2.63 bits per heavy atom. The molecular formula is C27H26FN3O3S. The summed E-state index contributed by atoms with van der Waals surface area (Å²) in [6.45, 7) is 3.95. The molecule has 180 valence electrons. The summed E-state index contributed by atoms with van der Waals surface area (Å²) in [4.78, 5) is 22.3. The molecule has 1 amide bonds. The third kappa shape index (κ3) is 4.98. The molecule has 2 fully saturated rings. The van der Waals surface area contributed by atoms with E-state index >= 15 is 0 Å². The molecule has 35 heavy (non-hydrogen) atoms. The number of hydrogen-bond donors (Lipinski definition) is 0. The largest absolute Gasteiger partial charge is 0.497 e. The Balaban J connectivity index is 1.47. The smallest absolute Gasteiger partial charge is 0.267 e. The van der Waals surface area contributed by atoms with Crippen molar-refractivity contribution in [1.29, 1.82) is 0 Å². The van der Waals surface area contributed by atoms with Gasteiger partial charge in [0.25, 0.3) is 5.91 Å². The number of benzene rings is 2. The number of aryl methyl sites for hydroxylation is 1. The number of carbonyl (C=O) groups is 1. The Kier molecular flexibility index (Phi) is 6.63. The maximum absolute atomic E-state index is 15.0. The zero-order valence-corrected chi connectivity index (χ0v) is 20.5. The van der Waals surface area contributed by atoms with Gasteiger partial charge in [-0.2, -0.15) is 0 Å². The fraction of sp³-hybridized carbons (Fsp3) is 0.259. The summed E-state index contributed by atoms with van der Waals surface area (Å²) in [5.41, 5.74) is 2.94. The number of anilines is 1. The first-order chi connectivity index (χ1) is 17.0. The molecule has 3 heterocycles. The molecule has 0 bridgehead atoms. The molecule has 8 heteroatoms. The third-order valence-electron chi connectivity index (χ3n) is 6.15. The van der Waals surface area contributed by atoms with E-state index in [-0.39, 0.29) is 18.3 Å². The quantitative estimate of drug-likeness (QED) is 0.388. The lowest BCUT2D eigenvalue weighted by Gasteiger charge is -2.19. The zero-order valence-electron chi connectivity index (χ0n) is 19.7. The number of rotatable bonds is 6. The predicted molar refractivity (Wildman–Crippen MR) is 137 cm³/mol. The van der Waals surface area contributed by atoms with Gasteiger partial charge in [0.1, 0.15) is 17.3 Å². The molecule has 0 unspecified atom stereocenters. The maximum Gasteiger partial charge on any atom is 0.267 e. The second kappa shape index (κ2) is 10.00. The molecular weight excluding hydrogens is 465 g/mol.